The number of benzene rings is 1. The highest BCUT2D eigenvalue weighted by atomic mass is 127. The minimum atomic E-state index is -3.96. The lowest BCUT2D eigenvalue weighted by molar-refractivity contribution is -0.134. The molecule has 0 saturated carbocycles. The number of carbonyl (C=O) groups excluding carboxylic acids is 2. The highest BCUT2D eigenvalue weighted by Crippen LogP contribution is 2.22. The Bertz CT molecular complexity index is 598. The van der Waals surface area contributed by atoms with Gasteiger partial charge in [0.25, 0.3) is 5.91 Å². The zero-order chi connectivity index (χ0) is 13.9. The molecule has 98 valence electrons. The lowest BCUT2D eigenvalue weighted by Gasteiger charge is -2.09. The lowest BCUT2D eigenvalue weighted by Crippen LogP contribution is -2.24. The average Bonchev–Trinajstić information content (AvgIpc) is 2.26. The Labute approximate surface area is 118 Å². The van der Waals surface area contributed by atoms with Crippen molar-refractivity contribution in [2.24, 2.45) is 5.14 Å². The maximum Gasteiger partial charge on any atom is 0.291 e. The Balaban J connectivity index is 3.19. The molecule has 1 aromatic rings. The third-order valence-corrected chi connectivity index (χ3v) is 3.71. The van der Waals surface area contributed by atoms with Gasteiger partial charge in [0.15, 0.2) is 0 Å². The Morgan fingerprint density at radius 1 is 1.39 bits per heavy atom. The van der Waals surface area contributed by atoms with E-state index in [2.05, 4.69) is 5.32 Å². The number of anilines is 1. The fourth-order valence-corrected chi connectivity index (χ4v) is 2.37. The Kier molecular flexibility index (Phi) is 4.82. The second kappa shape index (κ2) is 5.76. The number of ketones is 1. The van der Waals surface area contributed by atoms with Crippen LogP contribution in [0.4, 0.5) is 5.69 Å². The molecule has 8 heteroatoms. The van der Waals surface area contributed by atoms with Gasteiger partial charge in [-0.3, -0.25) is 9.59 Å². The topological polar surface area (TPSA) is 106 Å². The number of sulfonamides is 1. The molecule has 1 rings (SSSR count). The van der Waals surface area contributed by atoms with Gasteiger partial charge in [0.05, 0.1) is 5.69 Å². The van der Waals surface area contributed by atoms with Gasteiger partial charge in [0.2, 0.25) is 15.8 Å². The molecule has 0 aromatic heterocycles. The third-order valence-electron chi connectivity index (χ3n) is 2.07. The Morgan fingerprint density at radius 3 is 2.50 bits per heavy atom. The predicted molar refractivity (Wildman–Crippen MR) is 74.5 cm³/mol. The van der Waals surface area contributed by atoms with Crippen LogP contribution in [0.2, 0.25) is 0 Å². The van der Waals surface area contributed by atoms with E-state index in [9.17, 15) is 18.0 Å². The standard InChI is InChI=1S/C10H11IN2O4S/c1-2-8(14)10(15)13-7-5-6(11)3-4-9(7)18(12,16)17/h3-5H,2H2,1H3,(H,13,15)(H2,12,16,17). The fraction of sp³-hybridized carbons (Fsp3) is 0.200. The summed E-state index contributed by atoms with van der Waals surface area (Å²) in [6, 6.07) is 4.25. The molecule has 1 amide bonds. The molecule has 0 aliphatic rings. The normalized spacial score (nSPS) is 11.1. The summed E-state index contributed by atoms with van der Waals surface area (Å²) < 4.78 is 23.4. The van der Waals surface area contributed by atoms with Crippen molar-refractivity contribution in [2.45, 2.75) is 18.2 Å². The molecule has 3 N–H and O–H groups in total. The highest BCUT2D eigenvalue weighted by Gasteiger charge is 2.18. The van der Waals surface area contributed by atoms with Crippen LogP contribution in [0.25, 0.3) is 0 Å². The molecule has 6 nitrogen and oxygen atoms in total. The second-order valence-electron chi connectivity index (χ2n) is 3.42. The van der Waals surface area contributed by atoms with Gasteiger partial charge in [-0.2, -0.15) is 0 Å². The van der Waals surface area contributed by atoms with Gasteiger partial charge in [-0.25, -0.2) is 13.6 Å². The summed E-state index contributed by atoms with van der Waals surface area (Å²) in [5, 5.41) is 7.28. The molecule has 0 radical (unpaired) electrons. The van der Waals surface area contributed by atoms with Crippen LogP contribution in [-0.2, 0) is 19.6 Å². The number of Topliss-reactive ketones (excluding diaryl/α,β-unsaturated/α-hetero) is 1. The number of nitrogens with two attached hydrogens (primary N) is 1. The number of hydrogen-bond acceptors (Lipinski definition) is 4. The first-order valence-corrected chi connectivity index (χ1v) is 7.54. The quantitative estimate of drug-likeness (QED) is 0.595. The minimum absolute atomic E-state index is 0.0104. The van der Waals surface area contributed by atoms with Crippen molar-refractivity contribution in [3.63, 3.8) is 0 Å². The van der Waals surface area contributed by atoms with Gasteiger partial charge in [0, 0.05) is 9.99 Å². The summed E-state index contributed by atoms with van der Waals surface area (Å²) in [5.41, 5.74) is 0.0104. The number of nitrogens with one attached hydrogen (secondary N) is 1. The SMILES string of the molecule is CCC(=O)C(=O)Nc1cc(I)ccc1S(N)(=O)=O. The molecule has 0 fully saturated rings. The first kappa shape index (κ1) is 15.1. The van der Waals surface area contributed by atoms with Crippen molar-refractivity contribution >= 4 is 50.0 Å². The molecule has 0 heterocycles. The summed E-state index contributed by atoms with van der Waals surface area (Å²) in [6.07, 6.45) is 0.0421. The molecule has 0 unspecified atom stereocenters. The van der Waals surface area contributed by atoms with Gasteiger partial charge < -0.3 is 5.32 Å². The van der Waals surface area contributed by atoms with E-state index in [-0.39, 0.29) is 17.0 Å². The molecular weight excluding hydrogens is 371 g/mol. The number of rotatable bonds is 4. The monoisotopic (exact) mass is 382 g/mol. The highest BCUT2D eigenvalue weighted by molar-refractivity contribution is 14.1. The van der Waals surface area contributed by atoms with E-state index in [1.54, 1.807) is 0 Å². The van der Waals surface area contributed by atoms with E-state index in [0.29, 0.717) is 3.57 Å². The largest absolute Gasteiger partial charge is 0.318 e. The van der Waals surface area contributed by atoms with Crippen LogP contribution in [0, 0.1) is 3.57 Å². The molecule has 0 aliphatic heterocycles. The maximum atomic E-state index is 11.4. The van der Waals surface area contributed by atoms with E-state index in [4.69, 9.17) is 5.14 Å². The van der Waals surface area contributed by atoms with Gasteiger partial charge in [0.1, 0.15) is 4.90 Å². The first-order valence-electron chi connectivity index (χ1n) is 4.92. The van der Waals surface area contributed by atoms with E-state index in [1.165, 1.54) is 25.1 Å². The van der Waals surface area contributed by atoms with Crippen LogP contribution in [0.1, 0.15) is 13.3 Å². The molecule has 0 aliphatic carbocycles. The van der Waals surface area contributed by atoms with Gasteiger partial charge in [-0.1, -0.05) is 6.92 Å². The van der Waals surface area contributed by atoms with Crippen LogP contribution < -0.4 is 10.5 Å². The zero-order valence-corrected chi connectivity index (χ0v) is 12.4. The fourth-order valence-electron chi connectivity index (χ4n) is 1.20. The molecule has 0 bridgehead atoms. The maximum absolute atomic E-state index is 11.4. The molecular formula is C10H11IN2O4S. The van der Waals surface area contributed by atoms with Crippen LogP contribution >= 0.6 is 22.6 Å². The summed E-state index contributed by atoms with van der Waals surface area (Å²) in [7, 11) is -3.96. The summed E-state index contributed by atoms with van der Waals surface area (Å²) in [6.45, 7) is 1.54. The van der Waals surface area contributed by atoms with E-state index < -0.39 is 21.7 Å². The molecule has 0 atom stereocenters. The van der Waals surface area contributed by atoms with E-state index in [0.717, 1.165) is 0 Å². The number of halogens is 1. The van der Waals surface area contributed by atoms with Crippen molar-refractivity contribution in [2.75, 3.05) is 5.32 Å². The minimum Gasteiger partial charge on any atom is -0.318 e. The van der Waals surface area contributed by atoms with Crippen LogP contribution in [0.15, 0.2) is 23.1 Å². The van der Waals surface area contributed by atoms with Crippen molar-refractivity contribution in [1.82, 2.24) is 0 Å². The van der Waals surface area contributed by atoms with Crippen molar-refractivity contribution < 1.29 is 18.0 Å². The van der Waals surface area contributed by atoms with Crippen molar-refractivity contribution in [3.05, 3.63) is 21.8 Å². The van der Waals surface area contributed by atoms with E-state index >= 15 is 0 Å². The molecule has 1 aromatic carbocycles. The smallest absolute Gasteiger partial charge is 0.291 e. The number of amides is 1. The van der Waals surface area contributed by atoms with Crippen LogP contribution in [-0.4, -0.2) is 20.1 Å². The third kappa shape index (κ3) is 3.75. The number of primary sulfonamides is 1. The van der Waals surface area contributed by atoms with Crippen molar-refractivity contribution in [1.29, 1.82) is 0 Å². The molecule has 0 saturated heterocycles. The van der Waals surface area contributed by atoms with Crippen molar-refractivity contribution in [3.8, 4) is 0 Å². The number of carbonyl (C=O) groups is 2. The summed E-state index contributed by atoms with van der Waals surface area (Å²) >= 11 is 1.95. The lowest BCUT2D eigenvalue weighted by atomic mass is 10.2. The Morgan fingerprint density at radius 2 is 2.00 bits per heavy atom. The predicted octanol–water partition coefficient (Wildman–Crippen LogP) is 0.856. The second-order valence-corrected chi connectivity index (χ2v) is 6.19. The average molecular weight is 382 g/mol. The summed E-state index contributed by atoms with van der Waals surface area (Å²) in [5.74, 6) is -1.49. The Hall–Kier alpha value is -1.00. The van der Waals surface area contributed by atoms with Gasteiger partial charge in [-0.15, -0.1) is 0 Å². The molecule has 18 heavy (non-hydrogen) atoms. The number of hydrogen-bond donors (Lipinski definition) is 2. The van der Waals surface area contributed by atoms with Crippen LogP contribution in [0.3, 0.4) is 0 Å². The van der Waals surface area contributed by atoms with Gasteiger partial charge >= 0.3 is 0 Å². The van der Waals surface area contributed by atoms with Gasteiger partial charge in [-0.05, 0) is 40.8 Å². The molecule has 0 spiro atoms. The van der Waals surface area contributed by atoms with Crippen LogP contribution in [0.5, 0.6) is 0 Å². The summed E-state index contributed by atoms with van der Waals surface area (Å²) in [4.78, 5) is 22.4. The van der Waals surface area contributed by atoms with E-state index in [1.807, 2.05) is 22.6 Å². The first-order chi connectivity index (χ1) is 8.25. The zero-order valence-electron chi connectivity index (χ0n) is 9.44.